The SMILES string of the molecule is CC1(C)OB(c2ccc3ccc4ccccc4c3c2)OC1(C)C.[2H]c1c([2H])c([2H])c(-c2c3ccccc3c(-c3ccc4ccc5ccccc5c4c3)c3c([2H])c([2H])c([2H])c([2H])c23)c([2H])c1[2H].[2H]c1c([2H])c([2H])c(-c2c3ccccc3c(Br)c3c([2H])c([2H])c([2H])c([2H])c23)c([2H])c1[2H]. The second kappa shape index (κ2) is 20.2. The number of fused-ring (bicyclic) bond motifs is 10. The summed E-state index contributed by atoms with van der Waals surface area (Å²) >= 11 is 3.46. The Morgan fingerprint density at radius 3 is 1.17 bits per heavy atom. The van der Waals surface area contributed by atoms with Crippen LogP contribution in [0.5, 0.6) is 0 Å². The van der Waals surface area contributed by atoms with E-state index in [1.54, 1.807) is 36.4 Å². The Morgan fingerprint density at radius 2 is 0.667 bits per heavy atom. The van der Waals surface area contributed by atoms with Gasteiger partial charge in [-0.05, 0) is 175 Å². The molecule has 2 nitrogen and oxygen atoms in total. The molecule has 0 spiro atoms. The van der Waals surface area contributed by atoms with E-state index in [0.717, 1.165) is 32.6 Å². The lowest BCUT2D eigenvalue weighted by molar-refractivity contribution is 0.00578. The minimum absolute atomic E-state index is 0.0975. The average molecular weight is 1090 g/mol. The number of rotatable bonds is 4. The molecule has 374 valence electrons. The minimum Gasteiger partial charge on any atom is -0.399 e. The van der Waals surface area contributed by atoms with Crippen LogP contribution in [-0.2, 0) is 9.31 Å². The molecule has 15 rings (SSSR count). The smallest absolute Gasteiger partial charge is 0.399 e. The van der Waals surface area contributed by atoms with Gasteiger partial charge in [-0.25, -0.2) is 0 Å². The summed E-state index contributed by atoms with van der Waals surface area (Å²) in [5.74, 6) is 0. The fraction of sp³-hybridized carbons (Fsp3) is 0.0811. The predicted molar refractivity (Wildman–Crippen MR) is 339 cm³/mol. The lowest BCUT2D eigenvalue weighted by atomic mass is 9.78. The first-order chi connectivity index (χ1) is 45.6. The molecule has 0 radical (unpaired) electrons. The highest BCUT2D eigenvalue weighted by Crippen LogP contribution is 2.45. The number of benzene rings is 14. The summed E-state index contributed by atoms with van der Waals surface area (Å²) in [6.45, 7) is 8.35. The zero-order valence-electron chi connectivity index (χ0n) is 60.8. The molecule has 4 heteroatoms. The summed E-state index contributed by atoms with van der Waals surface area (Å²) in [6, 6.07) is 43.8. The van der Waals surface area contributed by atoms with Gasteiger partial charge in [-0.3, -0.25) is 0 Å². The third kappa shape index (κ3) is 8.81. The van der Waals surface area contributed by atoms with E-state index >= 15 is 0 Å². The molecule has 0 atom stereocenters. The maximum Gasteiger partial charge on any atom is 0.494 e. The first kappa shape index (κ1) is 33.0. The molecule has 1 aliphatic heterocycles. The third-order valence-corrected chi connectivity index (χ3v) is 15.9. The molecule has 1 fully saturated rings. The van der Waals surface area contributed by atoms with Crippen LogP contribution in [0.4, 0.5) is 0 Å². The molecule has 0 amide bonds. The summed E-state index contributed by atoms with van der Waals surface area (Å²) in [5.41, 5.74) is 1.95. The topological polar surface area (TPSA) is 18.5 Å². The molecule has 0 N–H and O–H groups in total. The van der Waals surface area contributed by atoms with Crippen molar-refractivity contribution in [3.8, 4) is 33.4 Å². The molecule has 1 aliphatic rings. The van der Waals surface area contributed by atoms with E-state index in [0.29, 0.717) is 31.6 Å². The Morgan fingerprint density at radius 1 is 0.321 bits per heavy atom. The standard InChI is InChI=1S/C34H22.C20H21BO2.C20H13Br/c1-2-11-25(12-3-1)33-28-14-6-8-16-30(28)34(31-17-9-7-15-29(31)33)26-21-20-24-19-18-23-10-4-5-13-27(23)32(24)22-26;1-19(2)20(3,4)23-21(22-19)16-12-11-15-10-9-14-7-5-6-8-17(14)18(15)13-16;21-20-17-12-6-4-10-15(17)19(14-8-2-1-3-9-14)16-11-5-7-13-18(16)20/h1-22H;5-13H,1-4H3;1-13H/i1D,2D,3D,6D,8D,11D,12D,14D,16D;;1D,2D,3D,4D,6D,8D,9D,10D,12D. The van der Waals surface area contributed by atoms with E-state index < -0.39 is 84.6 Å². The zero-order chi connectivity index (χ0) is 68.6. The number of hydrogen-bond donors (Lipinski definition) is 0. The van der Waals surface area contributed by atoms with Gasteiger partial charge in [-0.15, -0.1) is 0 Å². The maximum absolute atomic E-state index is 9.08. The van der Waals surface area contributed by atoms with Crippen molar-refractivity contribution in [3.63, 3.8) is 0 Å². The molecule has 0 bridgehead atoms. The fourth-order valence-electron chi connectivity index (χ4n) is 10.6. The van der Waals surface area contributed by atoms with Gasteiger partial charge in [-0.2, -0.15) is 0 Å². The van der Waals surface area contributed by atoms with Crippen LogP contribution < -0.4 is 5.46 Å². The summed E-state index contributed by atoms with van der Waals surface area (Å²) in [4.78, 5) is 0. The van der Waals surface area contributed by atoms with E-state index in [9.17, 15) is 0 Å². The zero-order valence-corrected chi connectivity index (χ0v) is 44.4. The molecule has 1 heterocycles. The lowest BCUT2D eigenvalue weighted by Gasteiger charge is -2.32. The van der Waals surface area contributed by atoms with Gasteiger partial charge in [0.15, 0.2) is 0 Å². The molecule has 14 aromatic carbocycles. The maximum atomic E-state index is 9.08. The summed E-state index contributed by atoms with van der Waals surface area (Å²) in [6.07, 6.45) is 0. The van der Waals surface area contributed by atoms with Crippen molar-refractivity contribution in [1.82, 2.24) is 0 Å². The van der Waals surface area contributed by atoms with Gasteiger partial charge >= 0.3 is 7.12 Å². The van der Waals surface area contributed by atoms with Crippen LogP contribution in [0.2, 0.25) is 0 Å². The lowest BCUT2D eigenvalue weighted by Crippen LogP contribution is -2.41. The first-order valence-electron chi connectivity index (χ1n) is 34.5. The van der Waals surface area contributed by atoms with Crippen LogP contribution in [0.15, 0.2) is 271 Å². The van der Waals surface area contributed by atoms with E-state index in [1.807, 2.05) is 60.7 Å². The van der Waals surface area contributed by atoms with E-state index in [1.165, 1.54) is 21.5 Å². The second-order valence-corrected chi connectivity index (χ2v) is 20.9. The Hall–Kier alpha value is -8.38. The summed E-state index contributed by atoms with van der Waals surface area (Å²) in [7, 11) is -0.316. The highest BCUT2D eigenvalue weighted by atomic mass is 79.9. The molecular weight excluding hydrogens is 1010 g/mol. The second-order valence-electron chi connectivity index (χ2n) is 20.1. The molecule has 0 saturated carbocycles. The van der Waals surface area contributed by atoms with Crippen LogP contribution in [0.1, 0.15) is 52.4 Å². The van der Waals surface area contributed by atoms with Crippen LogP contribution >= 0.6 is 15.9 Å². The third-order valence-electron chi connectivity index (χ3n) is 15.1. The highest BCUT2D eigenvalue weighted by molar-refractivity contribution is 9.10. The van der Waals surface area contributed by atoms with Crippen LogP contribution in [0, 0.1) is 0 Å². The fourth-order valence-corrected chi connectivity index (χ4v) is 11.2. The Kier molecular flexibility index (Phi) is 8.56. The molecule has 0 aliphatic carbocycles. The van der Waals surface area contributed by atoms with Crippen molar-refractivity contribution in [2.24, 2.45) is 0 Å². The van der Waals surface area contributed by atoms with Gasteiger partial charge in [-0.1, -0.05) is 260 Å². The Labute approximate surface area is 490 Å². The van der Waals surface area contributed by atoms with Crippen molar-refractivity contribution in [3.05, 3.63) is 271 Å². The summed E-state index contributed by atoms with van der Waals surface area (Å²) in [5, 5.41) is 12.1. The first-order valence-corrected chi connectivity index (χ1v) is 26.3. The quantitative estimate of drug-likeness (QED) is 0.0993. The van der Waals surface area contributed by atoms with Gasteiger partial charge < -0.3 is 9.31 Å². The van der Waals surface area contributed by atoms with Crippen molar-refractivity contribution in [2.75, 3.05) is 0 Å². The van der Waals surface area contributed by atoms with Crippen molar-refractivity contribution in [1.29, 1.82) is 0 Å². The van der Waals surface area contributed by atoms with Crippen molar-refractivity contribution < 1.29 is 34.0 Å². The monoisotopic (exact) mass is 1080 g/mol. The van der Waals surface area contributed by atoms with Crippen LogP contribution in [-0.4, -0.2) is 18.3 Å². The highest BCUT2D eigenvalue weighted by Gasteiger charge is 2.51. The van der Waals surface area contributed by atoms with Crippen LogP contribution in [0.3, 0.4) is 0 Å². The van der Waals surface area contributed by atoms with E-state index in [2.05, 4.69) is 104 Å². The largest absolute Gasteiger partial charge is 0.494 e. The minimum atomic E-state index is -0.533. The molecule has 0 aromatic heterocycles. The predicted octanol–water partition coefficient (Wildman–Crippen LogP) is 20.3. The molecule has 78 heavy (non-hydrogen) atoms. The molecular formula is C74H56BBrO2. The normalized spacial score (nSPS) is 17.0. The van der Waals surface area contributed by atoms with Gasteiger partial charge in [0.05, 0.1) is 35.9 Å². The van der Waals surface area contributed by atoms with Crippen molar-refractivity contribution in [2.45, 2.75) is 38.9 Å². The van der Waals surface area contributed by atoms with E-state index in [-0.39, 0.29) is 86.3 Å². The van der Waals surface area contributed by atoms with E-state index in [4.69, 9.17) is 34.0 Å². The van der Waals surface area contributed by atoms with Crippen LogP contribution in [0.25, 0.3) is 120 Å². The Balaban J connectivity index is 0.000000137. The number of halogens is 1. The molecule has 14 aromatic rings. The average Bonchev–Trinajstić information content (AvgIpc) is 0.792. The van der Waals surface area contributed by atoms with Gasteiger partial charge in [0.1, 0.15) is 0 Å². The Bertz CT molecular complexity index is 5630. The summed E-state index contributed by atoms with van der Waals surface area (Å²) < 4.78 is 164. The van der Waals surface area contributed by atoms with Crippen molar-refractivity contribution >= 4 is 115 Å². The molecule has 0 unspecified atom stereocenters. The van der Waals surface area contributed by atoms with Gasteiger partial charge in [0.25, 0.3) is 0 Å². The molecule has 1 saturated heterocycles. The van der Waals surface area contributed by atoms with Gasteiger partial charge in [0.2, 0.25) is 0 Å². The van der Waals surface area contributed by atoms with Gasteiger partial charge in [0, 0.05) is 4.47 Å². The number of hydrogen-bond acceptors (Lipinski definition) is 2.